The molecule has 1 atom stereocenters. The Balaban J connectivity index is 2.21. The average Bonchev–Trinajstić information content (AvgIpc) is 2.71. The van der Waals surface area contributed by atoms with E-state index in [-0.39, 0.29) is 18.2 Å². The van der Waals surface area contributed by atoms with Gasteiger partial charge in [0.15, 0.2) is 0 Å². The molecule has 5 heteroatoms. The zero-order valence-corrected chi connectivity index (χ0v) is 17.2. The fourth-order valence-electron chi connectivity index (χ4n) is 2.97. The number of rotatable bonds is 9. The molecule has 1 N–H and O–H groups in total. The number of hydrogen-bond donors (Lipinski definition) is 1. The van der Waals surface area contributed by atoms with Gasteiger partial charge in [0.1, 0.15) is 11.8 Å². The zero-order valence-electron chi connectivity index (χ0n) is 17.2. The lowest BCUT2D eigenvalue weighted by atomic mass is 10.1. The van der Waals surface area contributed by atoms with Crippen LogP contribution in [-0.2, 0) is 22.6 Å². The van der Waals surface area contributed by atoms with Crippen LogP contribution in [0.4, 0.5) is 0 Å². The highest BCUT2D eigenvalue weighted by molar-refractivity contribution is 5.88. The maximum atomic E-state index is 13.1. The Bertz CT molecular complexity index is 787. The number of aryl methyl sites for hydroxylation is 1. The molecule has 2 aromatic rings. The third kappa shape index (κ3) is 5.84. The van der Waals surface area contributed by atoms with E-state index in [2.05, 4.69) is 5.32 Å². The number of amides is 2. The van der Waals surface area contributed by atoms with E-state index in [1.54, 1.807) is 18.9 Å². The molecule has 0 saturated heterocycles. The highest BCUT2D eigenvalue weighted by Crippen LogP contribution is 2.17. The molecule has 0 spiro atoms. The summed E-state index contributed by atoms with van der Waals surface area (Å²) in [6.45, 7) is 6.82. The number of nitrogens with one attached hydrogen (secondary N) is 1. The Morgan fingerprint density at radius 3 is 2.39 bits per heavy atom. The van der Waals surface area contributed by atoms with Gasteiger partial charge in [0, 0.05) is 13.1 Å². The van der Waals surface area contributed by atoms with Crippen molar-refractivity contribution in [3.63, 3.8) is 0 Å². The van der Waals surface area contributed by atoms with Gasteiger partial charge in [-0.15, -0.1) is 0 Å². The summed E-state index contributed by atoms with van der Waals surface area (Å²) in [4.78, 5) is 27.3. The van der Waals surface area contributed by atoms with Gasteiger partial charge in [-0.05, 0) is 49.1 Å². The number of benzene rings is 2. The first-order valence-corrected chi connectivity index (χ1v) is 9.70. The summed E-state index contributed by atoms with van der Waals surface area (Å²) in [5, 5.41) is 2.90. The average molecular weight is 383 g/mol. The summed E-state index contributed by atoms with van der Waals surface area (Å²) in [7, 11) is 1.61. The topological polar surface area (TPSA) is 58.6 Å². The lowest BCUT2D eigenvalue weighted by Gasteiger charge is -2.29. The van der Waals surface area contributed by atoms with E-state index in [1.807, 2.05) is 62.4 Å². The second-order valence-corrected chi connectivity index (χ2v) is 6.94. The van der Waals surface area contributed by atoms with Gasteiger partial charge in [-0.2, -0.15) is 0 Å². The molecule has 0 aliphatic rings. The van der Waals surface area contributed by atoms with E-state index in [0.717, 1.165) is 28.9 Å². The molecule has 150 valence electrons. The SMILES string of the molecule is CCCNC(=O)[C@H](C)N(Cc1ccccc1C)C(=O)Cc1ccc(OC)cc1. The van der Waals surface area contributed by atoms with Crippen molar-refractivity contribution in [1.29, 1.82) is 0 Å². The maximum Gasteiger partial charge on any atom is 0.242 e. The summed E-state index contributed by atoms with van der Waals surface area (Å²) < 4.78 is 5.17. The molecular formula is C23H30N2O3. The van der Waals surface area contributed by atoms with Gasteiger partial charge in [0.2, 0.25) is 11.8 Å². The van der Waals surface area contributed by atoms with Gasteiger partial charge in [-0.3, -0.25) is 9.59 Å². The maximum absolute atomic E-state index is 13.1. The molecule has 0 saturated carbocycles. The van der Waals surface area contributed by atoms with E-state index in [9.17, 15) is 9.59 Å². The molecule has 2 rings (SSSR count). The van der Waals surface area contributed by atoms with Crippen LogP contribution in [0.3, 0.4) is 0 Å². The van der Waals surface area contributed by atoms with E-state index in [0.29, 0.717) is 13.1 Å². The number of hydrogen-bond acceptors (Lipinski definition) is 3. The van der Waals surface area contributed by atoms with Crippen LogP contribution in [0.15, 0.2) is 48.5 Å². The van der Waals surface area contributed by atoms with Crippen LogP contribution in [0.1, 0.15) is 37.0 Å². The van der Waals surface area contributed by atoms with Crippen LogP contribution in [0, 0.1) is 6.92 Å². The van der Waals surface area contributed by atoms with Crippen molar-refractivity contribution in [2.75, 3.05) is 13.7 Å². The van der Waals surface area contributed by atoms with E-state index in [1.165, 1.54) is 0 Å². The smallest absolute Gasteiger partial charge is 0.242 e. The number of methoxy groups -OCH3 is 1. The van der Waals surface area contributed by atoms with Gasteiger partial charge in [-0.1, -0.05) is 43.3 Å². The minimum Gasteiger partial charge on any atom is -0.497 e. The quantitative estimate of drug-likeness (QED) is 0.722. The van der Waals surface area contributed by atoms with Crippen LogP contribution < -0.4 is 10.1 Å². The van der Waals surface area contributed by atoms with Crippen LogP contribution >= 0.6 is 0 Å². The minimum atomic E-state index is -0.545. The summed E-state index contributed by atoms with van der Waals surface area (Å²) in [5.74, 6) is 0.548. The largest absolute Gasteiger partial charge is 0.497 e. The predicted molar refractivity (Wildman–Crippen MR) is 111 cm³/mol. The normalized spacial score (nSPS) is 11.6. The molecule has 5 nitrogen and oxygen atoms in total. The second kappa shape index (κ2) is 10.5. The molecule has 0 radical (unpaired) electrons. The van der Waals surface area contributed by atoms with Crippen molar-refractivity contribution < 1.29 is 14.3 Å². The molecule has 0 aliphatic heterocycles. The Morgan fingerprint density at radius 1 is 1.11 bits per heavy atom. The molecule has 2 amide bonds. The molecule has 0 bridgehead atoms. The van der Waals surface area contributed by atoms with Crippen molar-refractivity contribution in [1.82, 2.24) is 10.2 Å². The van der Waals surface area contributed by atoms with Crippen molar-refractivity contribution in [2.24, 2.45) is 0 Å². The Hall–Kier alpha value is -2.82. The molecule has 2 aromatic carbocycles. The summed E-state index contributed by atoms with van der Waals surface area (Å²) in [6.07, 6.45) is 1.09. The first-order valence-electron chi connectivity index (χ1n) is 9.70. The van der Waals surface area contributed by atoms with Crippen LogP contribution in [-0.4, -0.2) is 36.4 Å². The van der Waals surface area contributed by atoms with E-state index >= 15 is 0 Å². The molecule has 0 unspecified atom stereocenters. The molecular weight excluding hydrogens is 352 g/mol. The van der Waals surface area contributed by atoms with Crippen molar-refractivity contribution in [3.8, 4) is 5.75 Å². The van der Waals surface area contributed by atoms with Crippen LogP contribution in [0.25, 0.3) is 0 Å². The van der Waals surface area contributed by atoms with Crippen molar-refractivity contribution in [3.05, 3.63) is 65.2 Å². The first kappa shape index (κ1) is 21.5. The number of carbonyl (C=O) groups is 2. The summed E-state index contributed by atoms with van der Waals surface area (Å²) >= 11 is 0. The van der Waals surface area contributed by atoms with Crippen LogP contribution in [0.2, 0.25) is 0 Å². The lowest BCUT2D eigenvalue weighted by Crippen LogP contribution is -2.48. The molecule has 0 aliphatic carbocycles. The van der Waals surface area contributed by atoms with Gasteiger partial charge in [0.25, 0.3) is 0 Å². The summed E-state index contributed by atoms with van der Waals surface area (Å²) in [5.41, 5.74) is 3.04. The lowest BCUT2D eigenvalue weighted by molar-refractivity contribution is -0.140. The fraction of sp³-hybridized carbons (Fsp3) is 0.391. The Morgan fingerprint density at radius 2 is 1.79 bits per heavy atom. The van der Waals surface area contributed by atoms with E-state index < -0.39 is 6.04 Å². The highest BCUT2D eigenvalue weighted by Gasteiger charge is 2.26. The first-order chi connectivity index (χ1) is 13.5. The molecule has 28 heavy (non-hydrogen) atoms. The van der Waals surface area contributed by atoms with Gasteiger partial charge in [-0.25, -0.2) is 0 Å². The standard InChI is InChI=1S/C23H30N2O3/c1-5-14-24-23(27)18(3)25(16-20-9-7-6-8-17(20)2)22(26)15-19-10-12-21(28-4)13-11-19/h6-13,18H,5,14-16H2,1-4H3,(H,24,27)/t18-/m0/s1. The van der Waals surface area contributed by atoms with Crippen LogP contribution in [0.5, 0.6) is 5.75 Å². The number of nitrogens with zero attached hydrogens (tertiary/aromatic N) is 1. The molecule has 0 heterocycles. The van der Waals surface area contributed by atoms with Gasteiger partial charge < -0.3 is 15.0 Å². The monoisotopic (exact) mass is 382 g/mol. The highest BCUT2D eigenvalue weighted by atomic mass is 16.5. The number of carbonyl (C=O) groups excluding carboxylic acids is 2. The van der Waals surface area contributed by atoms with Crippen molar-refractivity contribution >= 4 is 11.8 Å². The number of ether oxygens (including phenoxy) is 1. The Kier molecular flexibility index (Phi) is 8.05. The van der Waals surface area contributed by atoms with Crippen molar-refractivity contribution in [2.45, 2.75) is 46.2 Å². The third-order valence-corrected chi connectivity index (χ3v) is 4.83. The fourth-order valence-corrected chi connectivity index (χ4v) is 2.97. The second-order valence-electron chi connectivity index (χ2n) is 6.94. The molecule has 0 fully saturated rings. The minimum absolute atomic E-state index is 0.0763. The third-order valence-electron chi connectivity index (χ3n) is 4.83. The summed E-state index contributed by atoms with van der Waals surface area (Å²) in [6, 6.07) is 14.8. The van der Waals surface area contributed by atoms with Gasteiger partial charge in [0.05, 0.1) is 13.5 Å². The Labute approximate surface area is 167 Å². The van der Waals surface area contributed by atoms with E-state index in [4.69, 9.17) is 4.74 Å². The molecule has 0 aromatic heterocycles. The zero-order chi connectivity index (χ0) is 20.5. The predicted octanol–water partition coefficient (Wildman–Crippen LogP) is 3.49. The van der Waals surface area contributed by atoms with Gasteiger partial charge >= 0.3 is 0 Å².